The van der Waals surface area contributed by atoms with Crippen molar-refractivity contribution in [3.8, 4) is 0 Å². The minimum absolute atomic E-state index is 0.0604. The minimum atomic E-state index is 0.0604. The number of halogens is 1. The van der Waals surface area contributed by atoms with Gasteiger partial charge in [-0.2, -0.15) is 0 Å². The molecule has 0 aromatic heterocycles. The normalized spacial score (nSPS) is 12.4. The molecular formula is C16H18BrNS. The van der Waals surface area contributed by atoms with Crippen molar-refractivity contribution in [2.75, 3.05) is 0 Å². The molecule has 0 fully saturated rings. The first-order chi connectivity index (χ1) is 9.06. The van der Waals surface area contributed by atoms with Gasteiger partial charge in [-0.1, -0.05) is 51.8 Å². The largest absolute Gasteiger partial charge is 0.324 e. The quantitative estimate of drug-likeness (QED) is 0.789. The third-order valence-corrected chi connectivity index (χ3v) is 4.70. The molecule has 19 heavy (non-hydrogen) atoms. The van der Waals surface area contributed by atoms with Crippen LogP contribution in [-0.4, -0.2) is 0 Å². The number of aryl methyl sites for hydroxylation is 1. The van der Waals surface area contributed by atoms with Gasteiger partial charge in [0.15, 0.2) is 0 Å². The minimum Gasteiger partial charge on any atom is -0.324 e. The number of benzene rings is 2. The van der Waals surface area contributed by atoms with Crippen LogP contribution >= 0.6 is 27.7 Å². The molecule has 1 nitrogen and oxygen atoms in total. The van der Waals surface area contributed by atoms with Crippen LogP contribution < -0.4 is 5.73 Å². The Hall–Kier alpha value is -0.770. The van der Waals surface area contributed by atoms with E-state index in [1.807, 2.05) is 18.7 Å². The fourth-order valence-electron chi connectivity index (χ4n) is 1.94. The van der Waals surface area contributed by atoms with Gasteiger partial charge in [-0.25, -0.2) is 0 Å². The lowest BCUT2D eigenvalue weighted by molar-refractivity contribution is 0.811. The zero-order valence-electron chi connectivity index (χ0n) is 11.2. The molecular weight excluding hydrogens is 318 g/mol. The second-order valence-corrected chi connectivity index (χ2v) is 6.65. The van der Waals surface area contributed by atoms with Gasteiger partial charge in [-0.3, -0.25) is 0 Å². The van der Waals surface area contributed by atoms with Crippen LogP contribution in [0.15, 0.2) is 51.8 Å². The smallest absolute Gasteiger partial charge is 0.0277 e. The molecule has 0 spiro atoms. The van der Waals surface area contributed by atoms with Crippen LogP contribution in [0.25, 0.3) is 0 Å². The van der Waals surface area contributed by atoms with Crippen LogP contribution in [0.3, 0.4) is 0 Å². The molecule has 0 bridgehead atoms. The van der Waals surface area contributed by atoms with Crippen LogP contribution in [0.2, 0.25) is 0 Å². The Morgan fingerprint density at radius 2 is 2.00 bits per heavy atom. The highest BCUT2D eigenvalue weighted by Gasteiger charge is 2.06. The van der Waals surface area contributed by atoms with Gasteiger partial charge in [0.2, 0.25) is 0 Å². The summed E-state index contributed by atoms with van der Waals surface area (Å²) in [6.45, 7) is 4.13. The fourth-order valence-corrected chi connectivity index (χ4v) is 3.71. The third kappa shape index (κ3) is 4.10. The second kappa shape index (κ2) is 6.60. The van der Waals surface area contributed by atoms with Gasteiger partial charge >= 0.3 is 0 Å². The van der Waals surface area contributed by atoms with Gasteiger partial charge in [0, 0.05) is 21.2 Å². The maximum Gasteiger partial charge on any atom is 0.0277 e. The Bertz CT molecular complexity index is 566. The highest BCUT2D eigenvalue weighted by Crippen LogP contribution is 2.30. The average molecular weight is 336 g/mol. The van der Waals surface area contributed by atoms with E-state index in [4.69, 9.17) is 5.73 Å². The van der Waals surface area contributed by atoms with E-state index in [1.54, 1.807) is 0 Å². The third-order valence-electron chi connectivity index (χ3n) is 2.95. The van der Waals surface area contributed by atoms with Crippen molar-refractivity contribution >= 4 is 27.7 Å². The topological polar surface area (TPSA) is 26.0 Å². The monoisotopic (exact) mass is 335 g/mol. The average Bonchev–Trinajstić information content (AvgIpc) is 2.36. The number of hydrogen-bond donors (Lipinski definition) is 1. The molecule has 0 radical (unpaired) electrons. The van der Waals surface area contributed by atoms with E-state index in [-0.39, 0.29) is 6.04 Å². The highest BCUT2D eigenvalue weighted by molar-refractivity contribution is 9.10. The van der Waals surface area contributed by atoms with Crippen molar-refractivity contribution in [3.63, 3.8) is 0 Å². The summed E-state index contributed by atoms with van der Waals surface area (Å²) in [7, 11) is 0. The van der Waals surface area contributed by atoms with Gasteiger partial charge in [0.05, 0.1) is 0 Å². The lowest BCUT2D eigenvalue weighted by Crippen LogP contribution is -2.05. The Morgan fingerprint density at radius 3 is 2.63 bits per heavy atom. The standard InChI is InChI=1S/C16H18BrNS/c1-11-4-3-5-13(8-11)10-19-14-6-7-15(12(2)18)16(17)9-14/h3-9,12H,10,18H2,1-2H3/t12-/m1/s1. The molecule has 2 N–H and O–H groups in total. The van der Waals surface area contributed by atoms with Crippen LogP contribution in [0.1, 0.15) is 29.7 Å². The molecule has 1 atom stereocenters. The predicted molar refractivity (Wildman–Crippen MR) is 87.5 cm³/mol. The first-order valence-electron chi connectivity index (χ1n) is 6.29. The maximum absolute atomic E-state index is 5.91. The van der Waals surface area contributed by atoms with Crippen molar-refractivity contribution in [2.45, 2.75) is 30.5 Å². The van der Waals surface area contributed by atoms with Crippen LogP contribution in [0.4, 0.5) is 0 Å². The molecule has 0 saturated carbocycles. The zero-order chi connectivity index (χ0) is 13.8. The molecule has 0 amide bonds. The number of thioether (sulfide) groups is 1. The highest BCUT2D eigenvalue weighted by atomic mass is 79.9. The van der Waals surface area contributed by atoms with E-state index >= 15 is 0 Å². The second-order valence-electron chi connectivity index (χ2n) is 4.75. The summed E-state index contributed by atoms with van der Waals surface area (Å²) in [6.07, 6.45) is 0. The van der Waals surface area contributed by atoms with Gasteiger partial charge in [-0.05, 0) is 37.1 Å². The molecule has 0 saturated heterocycles. The zero-order valence-corrected chi connectivity index (χ0v) is 13.6. The van der Waals surface area contributed by atoms with E-state index in [0.717, 1.165) is 15.8 Å². The SMILES string of the molecule is Cc1cccc(CSc2ccc([C@@H](C)N)c(Br)c2)c1. The number of nitrogens with two attached hydrogens (primary N) is 1. The Kier molecular flexibility index (Phi) is 5.08. The molecule has 0 unspecified atom stereocenters. The summed E-state index contributed by atoms with van der Waals surface area (Å²) >= 11 is 5.44. The summed E-state index contributed by atoms with van der Waals surface area (Å²) in [5.41, 5.74) is 9.73. The van der Waals surface area contributed by atoms with Crippen molar-refractivity contribution in [3.05, 3.63) is 63.6 Å². The van der Waals surface area contributed by atoms with Crippen LogP contribution in [0.5, 0.6) is 0 Å². The molecule has 100 valence electrons. The summed E-state index contributed by atoms with van der Waals surface area (Å²) < 4.78 is 1.09. The van der Waals surface area contributed by atoms with Crippen LogP contribution in [-0.2, 0) is 5.75 Å². The van der Waals surface area contributed by atoms with E-state index in [0.29, 0.717) is 0 Å². The predicted octanol–water partition coefficient (Wildman–Crippen LogP) is 5.07. The van der Waals surface area contributed by atoms with E-state index in [2.05, 4.69) is 65.3 Å². The molecule has 2 rings (SSSR count). The van der Waals surface area contributed by atoms with Gasteiger partial charge < -0.3 is 5.73 Å². The Morgan fingerprint density at radius 1 is 1.21 bits per heavy atom. The van der Waals surface area contributed by atoms with E-state index in [9.17, 15) is 0 Å². The van der Waals surface area contributed by atoms with Gasteiger partial charge in [-0.15, -0.1) is 11.8 Å². The van der Waals surface area contributed by atoms with Gasteiger partial charge in [0.25, 0.3) is 0 Å². The molecule has 3 heteroatoms. The molecule has 0 heterocycles. The fraction of sp³-hybridized carbons (Fsp3) is 0.250. The first kappa shape index (κ1) is 14.6. The van der Waals surface area contributed by atoms with E-state index < -0.39 is 0 Å². The Balaban J connectivity index is 2.06. The van der Waals surface area contributed by atoms with Crippen molar-refractivity contribution in [1.29, 1.82) is 0 Å². The van der Waals surface area contributed by atoms with Crippen molar-refractivity contribution in [1.82, 2.24) is 0 Å². The van der Waals surface area contributed by atoms with Crippen LogP contribution in [0, 0.1) is 6.92 Å². The molecule has 2 aromatic carbocycles. The number of hydrogen-bond acceptors (Lipinski definition) is 2. The molecule has 0 aliphatic heterocycles. The molecule has 2 aromatic rings. The summed E-state index contributed by atoms with van der Waals surface area (Å²) in [6, 6.07) is 15.1. The first-order valence-corrected chi connectivity index (χ1v) is 8.07. The summed E-state index contributed by atoms with van der Waals surface area (Å²) in [5, 5.41) is 0. The Labute approximate surface area is 127 Å². The van der Waals surface area contributed by atoms with Crippen molar-refractivity contribution < 1.29 is 0 Å². The summed E-state index contributed by atoms with van der Waals surface area (Å²) in [4.78, 5) is 1.26. The lowest BCUT2D eigenvalue weighted by Gasteiger charge is -2.10. The van der Waals surface area contributed by atoms with Crippen molar-refractivity contribution in [2.24, 2.45) is 5.73 Å². The number of rotatable bonds is 4. The van der Waals surface area contributed by atoms with Gasteiger partial charge in [0.1, 0.15) is 0 Å². The van der Waals surface area contributed by atoms with E-state index in [1.165, 1.54) is 16.0 Å². The molecule has 0 aliphatic rings. The molecule has 0 aliphatic carbocycles. The lowest BCUT2D eigenvalue weighted by atomic mass is 10.1. The maximum atomic E-state index is 5.91. The summed E-state index contributed by atoms with van der Waals surface area (Å²) in [5.74, 6) is 0.992.